The van der Waals surface area contributed by atoms with E-state index >= 15 is 0 Å². The SMILES string of the molecule is CC(C)C[C@H](NC(=O)[C@H](CC(C)C)NC(=O)[C@H](Cc1ccccc1)NC(=O)[C@@H](NC(=O)[C@H](CCCN=C(N)N)NC(=O)[C@@H]1CCCN1C(=O)[C@H](CCC(N)=O)NC(=O)[C@H](CC(C)C)NC(=O)[C@@H](N)Cc1ccc(O)cc1)[C@@H](C)O)C(=O)O. The molecule has 1 fully saturated rings. The Morgan fingerprint density at radius 1 is 0.598 bits per heavy atom. The molecule has 1 aliphatic rings. The van der Waals surface area contributed by atoms with Crippen LogP contribution < -0.4 is 60.2 Å². The van der Waals surface area contributed by atoms with Gasteiger partial charge in [-0.25, -0.2) is 4.79 Å². The maximum Gasteiger partial charge on any atom is 0.326 e. The first-order chi connectivity index (χ1) is 38.6. The predicted molar refractivity (Wildman–Crippen MR) is 304 cm³/mol. The van der Waals surface area contributed by atoms with Crippen LogP contribution >= 0.6 is 0 Å². The number of primary amides is 1. The number of phenols is 1. The summed E-state index contributed by atoms with van der Waals surface area (Å²) < 4.78 is 0. The first-order valence-corrected chi connectivity index (χ1v) is 27.8. The van der Waals surface area contributed by atoms with E-state index in [1.54, 1.807) is 70.2 Å². The molecule has 1 heterocycles. The summed E-state index contributed by atoms with van der Waals surface area (Å²) in [4.78, 5) is 142. The fourth-order valence-electron chi connectivity index (χ4n) is 9.24. The summed E-state index contributed by atoms with van der Waals surface area (Å²) >= 11 is 0. The van der Waals surface area contributed by atoms with Crippen molar-refractivity contribution in [2.75, 3.05) is 13.1 Å². The van der Waals surface area contributed by atoms with E-state index in [2.05, 4.69) is 42.2 Å². The summed E-state index contributed by atoms with van der Waals surface area (Å²) in [6, 6.07) is 2.60. The average molecular weight is 1150 g/mol. The molecule has 82 heavy (non-hydrogen) atoms. The number of aliphatic carboxylic acids is 1. The molecule has 1 saturated heterocycles. The molecule has 2 aromatic carbocycles. The molecular formula is C56H87N13O13. The van der Waals surface area contributed by atoms with Crippen molar-refractivity contribution < 1.29 is 63.3 Å². The Kier molecular flexibility index (Phi) is 28.2. The van der Waals surface area contributed by atoms with E-state index in [-0.39, 0.29) is 107 Å². The van der Waals surface area contributed by atoms with Crippen LogP contribution in [0.2, 0.25) is 0 Å². The second-order valence-electron chi connectivity index (χ2n) is 22.1. The monoisotopic (exact) mass is 1150 g/mol. The van der Waals surface area contributed by atoms with Crippen LogP contribution in [0.25, 0.3) is 0 Å². The van der Waals surface area contributed by atoms with Crippen LogP contribution in [0.5, 0.6) is 5.75 Å². The first kappa shape index (κ1) is 68.4. The number of aliphatic hydroxyl groups is 1. The summed E-state index contributed by atoms with van der Waals surface area (Å²) in [5, 5.41) is 48.8. The highest BCUT2D eigenvalue weighted by molar-refractivity contribution is 5.98. The molecule has 0 unspecified atom stereocenters. The van der Waals surface area contributed by atoms with Crippen molar-refractivity contribution in [1.29, 1.82) is 0 Å². The lowest BCUT2D eigenvalue weighted by Crippen LogP contribution is -2.62. The maximum atomic E-state index is 14.5. The van der Waals surface area contributed by atoms with E-state index in [1.165, 1.54) is 24.0 Å². The lowest BCUT2D eigenvalue weighted by molar-refractivity contribution is -0.143. The molecule has 0 radical (unpaired) electrons. The van der Waals surface area contributed by atoms with Gasteiger partial charge in [-0.05, 0) is 106 Å². The van der Waals surface area contributed by atoms with Gasteiger partial charge in [0.15, 0.2) is 5.96 Å². The second-order valence-corrected chi connectivity index (χ2v) is 22.1. The number of benzene rings is 2. The Bertz CT molecular complexity index is 2510. The molecule has 0 saturated carbocycles. The number of nitrogens with one attached hydrogen (secondary N) is 7. The minimum Gasteiger partial charge on any atom is -0.508 e. The standard InChI is InChI=1S/C56H87N13O13/c1-30(2)25-40(64-47(73)37(57)28-35-17-19-36(71)20-18-35)49(75)63-39(21-22-45(58)72)54(80)69-24-12-16-44(69)52(78)62-38(15-11-23-61-56(59)60)48(74)68-46(33(7)70)53(79)66-42(29-34-13-9-8-10-14-34)51(77)65-41(26-31(3)4)50(76)67-43(55(81)82)27-32(5)6/h8-10,13-14,17-20,30-33,37-44,46,70-71H,11-12,15-16,21-29,57H2,1-7H3,(H2,58,72)(H,62,78)(H,63,75)(H,64,73)(H,65,77)(H,66,79)(H,67,76)(H,68,74)(H,81,82)(H4,59,60,61)/t33-,37+,38+,39+,40+,41+,42+,43+,44+,46+/m1/s1. The number of nitrogens with two attached hydrogens (primary N) is 4. The van der Waals surface area contributed by atoms with Crippen molar-refractivity contribution in [2.45, 2.75) is 180 Å². The number of carbonyl (C=O) groups is 10. The highest BCUT2D eigenvalue weighted by Gasteiger charge is 2.41. The third-order valence-corrected chi connectivity index (χ3v) is 13.4. The quantitative estimate of drug-likeness (QED) is 0.0223. The number of aliphatic hydroxyl groups excluding tert-OH is 1. The molecule has 1 aliphatic heterocycles. The minimum absolute atomic E-state index is 0.000978. The molecule has 0 bridgehead atoms. The van der Waals surface area contributed by atoms with Gasteiger partial charge in [0.25, 0.3) is 0 Å². The van der Waals surface area contributed by atoms with Crippen molar-refractivity contribution in [3.63, 3.8) is 0 Å². The number of amides is 9. The van der Waals surface area contributed by atoms with Crippen LogP contribution in [0.3, 0.4) is 0 Å². The Labute approximate surface area is 478 Å². The number of carbonyl (C=O) groups excluding carboxylic acids is 9. The Morgan fingerprint density at radius 3 is 1.63 bits per heavy atom. The highest BCUT2D eigenvalue weighted by atomic mass is 16.4. The molecule has 454 valence electrons. The van der Waals surface area contributed by atoms with Crippen LogP contribution in [0.4, 0.5) is 0 Å². The number of carboxylic acids is 1. The normalized spacial score (nSPS) is 16.4. The van der Waals surface area contributed by atoms with Gasteiger partial charge in [0.2, 0.25) is 53.2 Å². The highest BCUT2D eigenvalue weighted by Crippen LogP contribution is 2.21. The van der Waals surface area contributed by atoms with Gasteiger partial charge >= 0.3 is 5.97 Å². The molecule has 10 atom stereocenters. The van der Waals surface area contributed by atoms with E-state index in [0.29, 0.717) is 17.5 Å². The van der Waals surface area contributed by atoms with Gasteiger partial charge in [0.1, 0.15) is 54.1 Å². The van der Waals surface area contributed by atoms with E-state index in [0.717, 1.165) is 0 Å². The number of guanidine groups is 1. The van der Waals surface area contributed by atoms with Crippen LogP contribution in [-0.4, -0.2) is 159 Å². The Hall–Kier alpha value is -7.87. The minimum atomic E-state index is -1.75. The third-order valence-electron chi connectivity index (χ3n) is 13.4. The summed E-state index contributed by atoms with van der Waals surface area (Å²) in [6.45, 7) is 12.1. The Balaban J connectivity index is 1.90. The topological polar surface area (TPSA) is 435 Å². The van der Waals surface area contributed by atoms with Crippen molar-refractivity contribution in [2.24, 2.45) is 45.7 Å². The predicted octanol–water partition coefficient (Wildman–Crippen LogP) is -1.19. The number of phenolic OH excluding ortho intramolecular Hbond substituents is 1. The molecule has 0 aliphatic carbocycles. The second kappa shape index (κ2) is 33.8. The maximum absolute atomic E-state index is 14.5. The van der Waals surface area contributed by atoms with Crippen molar-refractivity contribution in [1.82, 2.24) is 42.1 Å². The molecule has 9 amide bonds. The van der Waals surface area contributed by atoms with Gasteiger partial charge in [0.05, 0.1) is 12.1 Å². The number of aromatic hydroxyl groups is 1. The van der Waals surface area contributed by atoms with Gasteiger partial charge in [-0.15, -0.1) is 0 Å². The molecule has 2 aromatic rings. The van der Waals surface area contributed by atoms with Gasteiger partial charge in [0, 0.05) is 25.9 Å². The van der Waals surface area contributed by atoms with E-state index < -0.39 is 120 Å². The zero-order chi connectivity index (χ0) is 61.4. The molecule has 0 spiro atoms. The van der Waals surface area contributed by atoms with Crippen LogP contribution in [0.1, 0.15) is 117 Å². The molecule has 26 heteroatoms. The number of likely N-dealkylation sites (tertiary alicyclic amines) is 1. The lowest BCUT2D eigenvalue weighted by Gasteiger charge is -2.31. The summed E-state index contributed by atoms with van der Waals surface area (Å²) in [7, 11) is 0. The number of nitrogens with zero attached hydrogens (tertiary/aromatic N) is 2. The summed E-state index contributed by atoms with van der Waals surface area (Å²) in [6.07, 6.45) is -1.58. The van der Waals surface area contributed by atoms with Crippen LogP contribution in [0.15, 0.2) is 59.6 Å². The molecule has 18 N–H and O–H groups in total. The average Bonchev–Trinajstić information content (AvgIpc) is 3.92. The van der Waals surface area contributed by atoms with Gasteiger partial charge in [-0.3, -0.25) is 48.1 Å². The fraction of sp³-hybridized carbons (Fsp3) is 0.589. The summed E-state index contributed by atoms with van der Waals surface area (Å²) in [5.74, 6) is -9.21. The van der Waals surface area contributed by atoms with E-state index in [9.17, 15) is 63.3 Å². The number of aliphatic imine (C=N–C) groups is 1. The molecule has 0 aromatic heterocycles. The molecular weight excluding hydrogens is 1060 g/mol. The van der Waals surface area contributed by atoms with Gasteiger partial charge in [-0.1, -0.05) is 84.0 Å². The Morgan fingerprint density at radius 2 is 1.10 bits per heavy atom. The van der Waals surface area contributed by atoms with Gasteiger partial charge < -0.3 is 80.4 Å². The van der Waals surface area contributed by atoms with Crippen molar-refractivity contribution >= 4 is 65.1 Å². The zero-order valence-electron chi connectivity index (χ0n) is 48.0. The van der Waals surface area contributed by atoms with Gasteiger partial charge in [-0.2, -0.15) is 0 Å². The largest absolute Gasteiger partial charge is 0.508 e. The number of rotatable bonds is 34. The zero-order valence-corrected chi connectivity index (χ0v) is 48.0. The number of hydrogen-bond donors (Lipinski definition) is 14. The van der Waals surface area contributed by atoms with E-state index in [4.69, 9.17) is 22.9 Å². The summed E-state index contributed by atoms with van der Waals surface area (Å²) in [5.41, 5.74) is 24.0. The molecule has 26 nitrogen and oxygen atoms in total. The van der Waals surface area contributed by atoms with Crippen molar-refractivity contribution in [3.05, 3.63) is 65.7 Å². The van der Waals surface area contributed by atoms with Crippen molar-refractivity contribution in [3.8, 4) is 5.75 Å². The molecule has 3 rings (SSSR count). The van der Waals surface area contributed by atoms with Crippen LogP contribution in [0, 0.1) is 17.8 Å². The first-order valence-electron chi connectivity index (χ1n) is 27.8. The number of hydrogen-bond acceptors (Lipinski definition) is 14. The lowest BCUT2D eigenvalue weighted by atomic mass is 9.99. The van der Waals surface area contributed by atoms with Crippen LogP contribution in [-0.2, 0) is 60.8 Å². The number of carboxylic acid groups (broad SMARTS) is 1. The fourth-order valence-corrected chi connectivity index (χ4v) is 9.24. The smallest absolute Gasteiger partial charge is 0.326 e. The third kappa shape index (κ3) is 23.7. The van der Waals surface area contributed by atoms with E-state index in [1.807, 2.05) is 13.8 Å².